The summed E-state index contributed by atoms with van der Waals surface area (Å²) >= 11 is 0. The summed E-state index contributed by atoms with van der Waals surface area (Å²) in [6, 6.07) is 7.14. The molecule has 0 unspecified atom stereocenters. The van der Waals surface area contributed by atoms with Gasteiger partial charge in [0.15, 0.2) is 5.92 Å². The molecule has 0 saturated carbocycles. The van der Waals surface area contributed by atoms with Crippen molar-refractivity contribution in [2.75, 3.05) is 27.9 Å². The largest absolute Gasteiger partial charge is 0.508 e. The molecule has 7 heteroatoms. The lowest BCUT2D eigenvalue weighted by atomic mass is 9.85. The molecule has 1 aromatic rings. The fourth-order valence-corrected chi connectivity index (χ4v) is 2.30. The van der Waals surface area contributed by atoms with Gasteiger partial charge in [-0.05, 0) is 17.2 Å². The minimum atomic E-state index is -1.13. The quantitative estimate of drug-likeness (QED) is 0.304. The van der Waals surface area contributed by atoms with Crippen molar-refractivity contribution in [2.24, 2.45) is 5.92 Å². The molecule has 1 rings (SSSR count). The van der Waals surface area contributed by atoms with Gasteiger partial charge < -0.3 is 18.9 Å². The van der Waals surface area contributed by atoms with Gasteiger partial charge in [-0.25, -0.2) is 4.79 Å². The fourth-order valence-electron chi connectivity index (χ4n) is 2.30. The zero-order valence-corrected chi connectivity index (χ0v) is 15.0. The number of carbonyl (C=O) groups excluding carboxylic acids is 3. The molecule has 0 bridgehead atoms. The zero-order valence-electron chi connectivity index (χ0n) is 15.0. The maximum Gasteiger partial charge on any atom is 0.508 e. The van der Waals surface area contributed by atoms with Gasteiger partial charge in [0.2, 0.25) is 0 Å². The Morgan fingerprint density at radius 3 is 2.04 bits per heavy atom. The van der Waals surface area contributed by atoms with Crippen LogP contribution >= 0.6 is 0 Å². The zero-order chi connectivity index (χ0) is 19.5. The second-order valence-electron chi connectivity index (χ2n) is 5.12. The molecule has 0 saturated heterocycles. The predicted molar refractivity (Wildman–Crippen MR) is 94.3 cm³/mol. The first kappa shape index (κ1) is 21.0. The molecule has 0 heterocycles. The van der Waals surface area contributed by atoms with Crippen LogP contribution in [-0.4, -0.2) is 46.0 Å². The van der Waals surface area contributed by atoms with E-state index in [4.69, 9.17) is 14.2 Å². The van der Waals surface area contributed by atoms with Crippen molar-refractivity contribution < 1.29 is 33.3 Å². The fraction of sp³-hybridized carbons (Fsp3) is 0.316. The van der Waals surface area contributed by atoms with Gasteiger partial charge >= 0.3 is 18.1 Å². The first-order valence-electron chi connectivity index (χ1n) is 7.73. The van der Waals surface area contributed by atoms with Gasteiger partial charge in [-0.15, -0.1) is 6.58 Å². The third kappa shape index (κ3) is 5.77. The Balaban J connectivity index is 2.91. The lowest BCUT2D eigenvalue weighted by molar-refractivity contribution is -0.159. The Kier molecular flexibility index (Phi) is 8.63. The molecule has 7 nitrogen and oxygen atoms in total. The third-order valence-corrected chi connectivity index (χ3v) is 3.62. The third-order valence-electron chi connectivity index (χ3n) is 3.62. The number of hydrogen-bond donors (Lipinski definition) is 0. The average molecular weight is 362 g/mol. The van der Waals surface area contributed by atoms with E-state index in [1.807, 2.05) is 0 Å². The van der Waals surface area contributed by atoms with Gasteiger partial charge in [0.25, 0.3) is 0 Å². The second-order valence-corrected chi connectivity index (χ2v) is 5.12. The van der Waals surface area contributed by atoms with Crippen LogP contribution in [0.1, 0.15) is 17.0 Å². The van der Waals surface area contributed by atoms with Crippen molar-refractivity contribution in [1.82, 2.24) is 0 Å². The smallest absolute Gasteiger partial charge is 0.468 e. The summed E-state index contributed by atoms with van der Waals surface area (Å²) in [5.74, 6) is -3.09. The van der Waals surface area contributed by atoms with Crippen molar-refractivity contribution >= 4 is 24.2 Å². The second kappa shape index (κ2) is 10.7. The maximum absolute atomic E-state index is 12.0. The van der Waals surface area contributed by atoms with Crippen LogP contribution in [0.4, 0.5) is 4.79 Å². The highest BCUT2D eigenvalue weighted by molar-refractivity contribution is 5.96. The Morgan fingerprint density at radius 1 is 1.00 bits per heavy atom. The topological polar surface area (TPSA) is 88.1 Å². The maximum atomic E-state index is 12.0. The van der Waals surface area contributed by atoms with Crippen LogP contribution in [0.15, 0.2) is 43.0 Å². The van der Waals surface area contributed by atoms with Gasteiger partial charge in [0.05, 0.1) is 21.3 Å². The first-order valence-corrected chi connectivity index (χ1v) is 7.73. The Labute approximate surface area is 152 Å². The number of hydrogen-bond acceptors (Lipinski definition) is 7. The summed E-state index contributed by atoms with van der Waals surface area (Å²) in [6.07, 6.45) is 4.17. The van der Waals surface area contributed by atoms with E-state index in [9.17, 15) is 14.4 Å². The molecule has 0 aromatic heterocycles. The first-order chi connectivity index (χ1) is 12.5. The molecular formula is C19H22O7. The van der Waals surface area contributed by atoms with Crippen LogP contribution in [0.25, 0.3) is 6.08 Å². The van der Waals surface area contributed by atoms with Crippen molar-refractivity contribution in [2.45, 2.75) is 5.92 Å². The summed E-state index contributed by atoms with van der Waals surface area (Å²) in [5, 5.41) is 0. The molecule has 1 atom stereocenters. The summed E-state index contributed by atoms with van der Waals surface area (Å²) < 4.78 is 18.5. The van der Waals surface area contributed by atoms with Gasteiger partial charge in [0.1, 0.15) is 6.61 Å². The lowest BCUT2D eigenvalue weighted by Crippen LogP contribution is -2.31. The molecule has 0 radical (unpaired) electrons. The van der Waals surface area contributed by atoms with E-state index in [0.717, 1.165) is 5.56 Å². The molecule has 1 aromatic carbocycles. The van der Waals surface area contributed by atoms with E-state index in [0.29, 0.717) is 5.56 Å². The van der Waals surface area contributed by atoms with E-state index in [1.54, 1.807) is 36.4 Å². The Bertz CT molecular complexity index is 645. The van der Waals surface area contributed by atoms with Gasteiger partial charge in [-0.3, -0.25) is 9.59 Å². The molecule has 0 N–H and O–H groups in total. The van der Waals surface area contributed by atoms with E-state index in [2.05, 4.69) is 11.3 Å². The van der Waals surface area contributed by atoms with E-state index in [-0.39, 0.29) is 6.61 Å². The number of rotatable bonds is 8. The van der Waals surface area contributed by atoms with Crippen LogP contribution in [0.5, 0.6) is 0 Å². The minimum Gasteiger partial charge on any atom is -0.468 e. The van der Waals surface area contributed by atoms with Crippen LogP contribution < -0.4 is 0 Å². The van der Waals surface area contributed by atoms with Crippen LogP contribution in [0.2, 0.25) is 0 Å². The van der Waals surface area contributed by atoms with Gasteiger partial charge in [0, 0.05) is 5.92 Å². The predicted octanol–water partition coefficient (Wildman–Crippen LogP) is 2.71. The minimum absolute atomic E-state index is 0.0798. The average Bonchev–Trinajstić information content (AvgIpc) is 2.68. The van der Waals surface area contributed by atoms with Crippen LogP contribution in [-0.2, 0) is 28.5 Å². The highest BCUT2D eigenvalue weighted by Gasteiger charge is 2.36. The standard InChI is InChI=1S/C19H22O7/c1-5-15(16(17(20)23-2)18(21)24-3)14-10-8-13(9-11-14)7-6-12-26-19(22)25-4/h5-11,15-16H,1,12H2,2-4H3/b7-6+/t15-/m0/s1. The van der Waals surface area contributed by atoms with Crippen LogP contribution in [0.3, 0.4) is 0 Å². The van der Waals surface area contributed by atoms with E-state index < -0.39 is 29.9 Å². The molecule has 0 fully saturated rings. The molecule has 0 aliphatic rings. The highest BCUT2D eigenvalue weighted by atomic mass is 16.7. The van der Waals surface area contributed by atoms with Crippen LogP contribution in [0, 0.1) is 5.92 Å². The lowest BCUT2D eigenvalue weighted by Gasteiger charge is -2.20. The molecule has 0 spiro atoms. The number of esters is 2. The molecule has 0 aliphatic heterocycles. The summed E-state index contributed by atoms with van der Waals surface area (Å²) in [7, 11) is 3.65. The van der Waals surface area contributed by atoms with Crippen molar-refractivity contribution in [3.63, 3.8) is 0 Å². The van der Waals surface area contributed by atoms with E-state index in [1.165, 1.54) is 27.4 Å². The van der Waals surface area contributed by atoms with Crippen molar-refractivity contribution in [1.29, 1.82) is 0 Å². The summed E-state index contributed by atoms with van der Waals surface area (Å²) in [5.41, 5.74) is 1.56. The molecule has 0 aliphatic carbocycles. The van der Waals surface area contributed by atoms with Gasteiger partial charge in [-0.1, -0.05) is 36.4 Å². The molecular weight excluding hydrogens is 340 g/mol. The number of benzene rings is 1. The highest BCUT2D eigenvalue weighted by Crippen LogP contribution is 2.28. The number of carbonyl (C=O) groups is 3. The van der Waals surface area contributed by atoms with E-state index >= 15 is 0 Å². The normalized spacial score (nSPS) is 11.7. The summed E-state index contributed by atoms with van der Waals surface area (Å²) in [6.45, 7) is 3.79. The summed E-state index contributed by atoms with van der Waals surface area (Å²) in [4.78, 5) is 34.8. The monoisotopic (exact) mass is 362 g/mol. The Hall–Kier alpha value is -3.09. The van der Waals surface area contributed by atoms with Crippen molar-refractivity contribution in [3.8, 4) is 0 Å². The SMILES string of the molecule is C=C[C@@H](c1ccc(/C=C/COC(=O)OC)cc1)C(C(=O)OC)C(=O)OC. The number of ether oxygens (including phenoxy) is 4. The number of methoxy groups -OCH3 is 3. The van der Waals surface area contributed by atoms with Crippen molar-refractivity contribution in [3.05, 3.63) is 54.1 Å². The Morgan fingerprint density at radius 2 is 1.58 bits per heavy atom. The van der Waals surface area contributed by atoms with Gasteiger partial charge in [-0.2, -0.15) is 0 Å². The molecule has 140 valence electrons. The number of allylic oxidation sites excluding steroid dienone is 1. The molecule has 0 amide bonds. The molecule has 26 heavy (non-hydrogen) atoms.